The van der Waals surface area contributed by atoms with Gasteiger partial charge in [0, 0.05) is 17.7 Å². The van der Waals surface area contributed by atoms with E-state index < -0.39 is 0 Å². The first kappa shape index (κ1) is 17.7. The van der Waals surface area contributed by atoms with Gasteiger partial charge in [-0.2, -0.15) is 0 Å². The van der Waals surface area contributed by atoms with Gasteiger partial charge in [-0.15, -0.1) is 0 Å². The molecule has 6 heteroatoms. The Morgan fingerprint density at radius 2 is 1.92 bits per heavy atom. The molecule has 0 aliphatic rings. The van der Waals surface area contributed by atoms with Crippen LogP contribution >= 0.6 is 0 Å². The highest BCUT2D eigenvalue weighted by atomic mass is 19.1. The Balaban J connectivity index is 1.97. The molecule has 1 amide bonds. The molecule has 0 radical (unpaired) electrons. The largest absolute Gasteiger partial charge is 0.497 e. The second-order valence-electron chi connectivity index (χ2n) is 5.24. The number of carbonyl (C=O) groups is 1. The summed E-state index contributed by atoms with van der Waals surface area (Å²) < 4.78 is 24.1. The van der Waals surface area contributed by atoms with Crippen LogP contribution in [0.1, 0.15) is 18.5 Å². The number of halogens is 1. The third-order valence-corrected chi connectivity index (χ3v) is 3.62. The molecule has 2 rings (SSSR count). The Kier molecular flexibility index (Phi) is 6.14. The first-order valence-corrected chi connectivity index (χ1v) is 7.55. The van der Waals surface area contributed by atoms with Crippen molar-refractivity contribution in [3.8, 4) is 11.5 Å². The van der Waals surface area contributed by atoms with E-state index >= 15 is 0 Å². The van der Waals surface area contributed by atoms with Gasteiger partial charge in [-0.05, 0) is 25.1 Å². The zero-order valence-corrected chi connectivity index (χ0v) is 13.9. The Bertz CT molecular complexity index is 706. The predicted octanol–water partition coefficient (Wildman–Crippen LogP) is 3.13. The van der Waals surface area contributed by atoms with Crippen LogP contribution in [0.15, 0.2) is 42.5 Å². The van der Waals surface area contributed by atoms with Gasteiger partial charge in [-0.3, -0.25) is 4.79 Å². The minimum Gasteiger partial charge on any atom is -0.497 e. The summed E-state index contributed by atoms with van der Waals surface area (Å²) in [5.74, 6) is 0.585. The van der Waals surface area contributed by atoms with Crippen molar-refractivity contribution in [1.29, 1.82) is 0 Å². The normalized spacial score (nSPS) is 11.7. The molecule has 128 valence electrons. The first-order valence-electron chi connectivity index (χ1n) is 7.55. The van der Waals surface area contributed by atoms with Gasteiger partial charge < -0.3 is 20.1 Å². The maximum absolute atomic E-state index is 13.7. The minimum atomic E-state index is -0.299. The molecule has 5 nitrogen and oxygen atoms in total. The number of hydrogen-bond acceptors (Lipinski definition) is 4. The highest BCUT2D eigenvalue weighted by Crippen LogP contribution is 2.28. The summed E-state index contributed by atoms with van der Waals surface area (Å²) in [7, 11) is 3.07. The summed E-state index contributed by atoms with van der Waals surface area (Å²) in [6, 6.07) is 11.3. The van der Waals surface area contributed by atoms with E-state index in [1.807, 2.05) is 0 Å². The quantitative estimate of drug-likeness (QED) is 0.818. The number of carbonyl (C=O) groups excluding carboxylic acids is 1. The van der Waals surface area contributed by atoms with Crippen molar-refractivity contribution < 1.29 is 18.7 Å². The molecule has 0 aromatic heterocycles. The van der Waals surface area contributed by atoms with Crippen molar-refractivity contribution in [3.63, 3.8) is 0 Å². The van der Waals surface area contributed by atoms with E-state index in [0.29, 0.717) is 22.7 Å². The number of ether oxygens (including phenoxy) is 2. The molecule has 0 heterocycles. The number of hydrogen-bond donors (Lipinski definition) is 2. The van der Waals surface area contributed by atoms with Crippen molar-refractivity contribution in [2.75, 3.05) is 26.1 Å². The lowest BCUT2D eigenvalue weighted by atomic mass is 10.1. The SMILES string of the molecule is COc1ccc(OC)c(NC(=O)CNC(C)c2ccccc2F)c1. The smallest absolute Gasteiger partial charge is 0.238 e. The molecular weight excluding hydrogens is 311 g/mol. The van der Waals surface area contributed by atoms with Gasteiger partial charge in [-0.1, -0.05) is 18.2 Å². The summed E-state index contributed by atoms with van der Waals surface area (Å²) >= 11 is 0. The fraction of sp³-hybridized carbons (Fsp3) is 0.278. The van der Waals surface area contributed by atoms with E-state index in [0.717, 1.165) is 0 Å². The number of methoxy groups -OCH3 is 2. The van der Waals surface area contributed by atoms with E-state index in [1.54, 1.807) is 50.4 Å². The number of benzene rings is 2. The van der Waals surface area contributed by atoms with Crippen LogP contribution in [0, 0.1) is 5.82 Å². The average Bonchev–Trinajstić information content (AvgIpc) is 2.60. The highest BCUT2D eigenvalue weighted by Gasteiger charge is 2.13. The zero-order chi connectivity index (χ0) is 17.5. The molecule has 24 heavy (non-hydrogen) atoms. The topological polar surface area (TPSA) is 59.6 Å². The zero-order valence-electron chi connectivity index (χ0n) is 13.9. The third kappa shape index (κ3) is 4.45. The number of nitrogens with one attached hydrogen (secondary N) is 2. The molecule has 2 N–H and O–H groups in total. The molecule has 0 aliphatic heterocycles. The summed E-state index contributed by atoms with van der Waals surface area (Å²) in [6.45, 7) is 1.84. The number of anilines is 1. The molecule has 2 aromatic rings. The average molecular weight is 332 g/mol. The molecule has 1 unspecified atom stereocenters. The number of rotatable bonds is 7. The molecular formula is C18H21FN2O3. The van der Waals surface area contributed by atoms with Gasteiger partial charge in [-0.25, -0.2) is 4.39 Å². The van der Waals surface area contributed by atoms with Crippen LogP contribution in [-0.2, 0) is 4.79 Å². The summed E-state index contributed by atoms with van der Waals surface area (Å²) in [6.07, 6.45) is 0. The van der Waals surface area contributed by atoms with E-state index in [2.05, 4.69) is 10.6 Å². The number of amides is 1. The predicted molar refractivity (Wildman–Crippen MR) is 91.0 cm³/mol. The van der Waals surface area contributed by atoms with Gasteiger partial charge >= 0.3 is 0 Å². The standard InChI is InChI=1S/C18H21FN2O3/c1-12(14-6-4-5-7-15(14)19)20-11-18(22)21-16-10-13(23-2)8-9-17(16)24-3/h4-10,12,20H,11H2,1-3H3,(H,21,22). The van der Waals surface area contributed by atoms with Crippen LogP contribution in [0.25, 0.3) is 0 Å². The lowest BCUT2D eigenvalue weighted by molar-refractivity contribution is -0.115. The molecule has 0 aliphatic carbocycles. The van der Waals surface area contributed by atoms with Gasteiger partial charge in [0.05, 0.1) is 26.5 Å². The van der Waals surface area contributed by atoms with Crippen LogP contribution in [-0.4, -0.2) is 26.7 Å². The van der Waals surface area contributed by atoms with Crippen LogP contribution in [0.2, 0.25) is 0 Å². The maximum Gasteiger partial charge on any atom is 0.238 e. The summed E-state index contributed by atoms with van der Waals surface area (Å²) in [4.78, 5) is 12.1. The Labute approximate surface area is 140 Å². The molecule has 1 atom stereocenters. The van der Waals surface area contributed by atoms with Gasteiger partial charge in [0.25, 0.3) is 0 Å². The Morgan fingerprint density at radius 1 is 1.17 bits per heavy atom. The molecule has 0 spiro atoms. The Hall–Kier alpha value is -2.60. The van der Waals surface area contributed by atoms with E-state index in [4.69, 9.17) is 9.47 Å². The van der Waals surface area contributed by atoms with Crippen LogP contribution in [0.3, 0.4) is 0 Å². The third-order valence-electron chi connectivity index (χ3n) is 3.62. The van der Waals surface area contributed by atoms with Crippen molar-refractivity contribution in [2.24, 2.45) is 0 Å². The lowest BCUT2D eigenvalue weighted by Gasteiger charge is -2.16. The van der Waals surface area contributed by atoms with Gasteiger partial charge in [0.2, 0.25) is 5.91 Å². The molecule has 0 bridgehead atoms. The molecule has 2 aromatic carbocycles. The van der Waals surface area contributed by atoms with Crippen molar-refractivity contribution >= 4 is 11.6 Å². The monoisotopic (exact) mass is 332 g/mol. The fourth-order valence-corrected chi connectivity index (χ4v) is 2.29. The highest BCUT2D eigenvalue weighted by molar-refractivity contribution is 5.94. The minimum absolute atomic E-state index is 0.0376. The van der Waals surface area contributed by atoms with Gasteiger partial charge in [0.15, 0.2) is 0 Å². The van der Waals surface area contributed by atoms with E-state index in [1.165, 1.54) is 13.2 Å². The van der Waals surface area contributed by atoms with Crippen LogP contribution < -0.4 is 20.1 Å². The van der Waals surface area contributed by atoms with Crippen LogP contribution in [0.4, 0.5) is 10.1 Å². The summed E-state index contributed by atoms with van der Waals surface area (Å²) in [5, 5.41) is 5.76. The van der Waals surface area contributed by atoms with Crippen molar-refractivity contribution in [1.82, 2.24) is 5.32 Å². The van der Waals surface area contributed by atoms with E-state index in [9.17, 15) is 9.18 Å². The van der Waals surface area contributed by atoms with Crippen LogP contribution in [0.5, 0.6) is 11.5 Å². The summed E-state index contributed by atoms with van der Waals surface area (Å²) in [5.41, 5.74) is 1.03. The molecule has 0 fully saturated rings. The van der Waals surface area contributed by atoms with Gasteiger partial charge in [0.1, 0.15) is 17.3 Å². The first-order chi connectivity index (χ1) is 11.5. The van der Waals surface area contributed by atoms with Crippen molar-refractivity contribution in [3.05, 3.63) is 53.8 Å². The molecule has 0 saturated carbocycles. The lowest BCUT2D eigenvalue weighted by Crippen LogP contribution is -2.30. The second kappa shape index (κ2) is 8.31. The maximum atomic E-state index is 13.7. The molecule has 0 saturated heterocycles. The fourth-order valence-electron chi connectivity index (χ4n) is 2.29. The van der Waals surface area contributed by atoms with Crippen molar-refractivity contribution in [2.45, 2.75) is 13.0 Å². The Morgan fingerprint density at radius 3 is 2.58 bits per heavy atom. The van der Waals surface area contributed by atoms with E-state index in [-0.39, 0.29) is 24.3 Å². The second-order valence-corrected chi connectivity index (χ2v) is 5.24.